The van der Waals surface area contributed by atoms with E-state index in [-0.39, 0.29) is 12.5 Å². The Morgan fingerprint density at radius 1 is 0.821 bits per heavy atom. The Kier molecular flexibility index (Phi) is 6.51. The maximum Gasteiger partial charge on any atom is 0.312 e. The summed E-state index contributed by atoms with van der Waals surface area (Å²) in [4.78, 5) is 53.7. The molecule has 0 unspecified atom stereocenters. The average molecular weight is 407 g/mol. The van der Waals surface area contributed by atoms with Gasteiger partial charge in [0.15, 0.2) is 0 Å². The highest BCUT2D eigenvalue weighted by Crippen LogP contribution is 2.14. The van der Waals surface area contributed by atoms with Crippen molar-refractivity contribution >= 4 is 35.2 Å². The zero-order chi connectivity index (χ0) is 20.1. The first-order valence-corrected chi connectivity index (χ1v) is 9.74. The van der Waals surface area contributed by atoms with Crippen LogP contribution in [0, 0.1) is 0 Å². The second-order valence-corrected chi connectivity index (χ2v) is 7.24. The van der Waals surface area contributed by atoms with E-state index in [4.69, 9.17) is 11.6 Å². The standard InChI is InChI=1S/C19H23ClN4O4/c20-15-6-2-1-5-14(15)17(26)21-13-16(25)22-9-11-24(12-10-22)19(28)18(27)23-7-3-4-8-23/h1-2,5-6H,3-4,7-13H2,(H,21,26). The smallest absolute Gasteiger partial charge is 0.312 e. The summed E-state index contributed by atoms with van der Waals surface area (Å²) in [6.45, 7) is 2.40. The van der Waals surface area contributed by atoms with Crippen molar-refractivity contribution in [3.63, 3.8) is 0 Å². The largest absolute Gasteiger partial charge is 0.343 e. The average Bonchev–Trinajstić information content (AvgIpc) is 3.26. The van der Waals surface area contributed by atoms with Crippen LogP contribution in [-0.4, -0.2) is 84.1 Å². The molecule has 0 aliphatic carbocycles. The molecular weight excluding hydrogens is 384 g/mol. The third-order valence-corrected chi connectivity index (χ3v) is 5.34. The summed E-state index contributed by atoms with van der Waals surface area (Å²) in [6.07, 6.45) is 1.86. The van der Waals surface area contributed by atoms with Gasteiger partial charge >= 0.3 is 11.8 Å². The number of benzene rings is 1. The van der Waals surface area contributed by atoms with Crippen molar-refractivity contribution in [2.75, 3.05) is 45.8 Å². The van der Waals surface area contributed by atoms with Crippen LogP contribution in [0.4, 0.5) is 0 Å². The minimum absolute atomic E-state index is 0.148. The lowest BCUT2D eigenvalue weighted by Gasteiger charge is -2.35. The lowest BCUT2D eigenvalue weighted by Crippen LogP contribution is -2.55. The number of carbonyl (C=O) groups is 4. The second-order valence-electron chi connectivity index (χ2n) is 6.83. The van der Waals surface area contributed by atoms with E-state index >= 15 is 0 Å². The fourth-order valence-corrected chi connectivity index (χ4v) is 3.58. The Hall–Kier alpha value is -2.61. The van der Waals surface area contributed by atoms with Crippen LogP contribution in [0.3, 0.4) is 0 Å². The Morgan fingerprint density at radius 3 is 1.96 bits per heavy atom. The van der Waals surface area contributed by atoms with Gasteiger partial charge in [0.2, 0.25) is 5.91 Å². The van der Waals surface area contributed by atoms with Gasteiger partial charge in [0.05, 0.1) is 17.1 Å². The Bertz CT molecular complexity index is 771. The molecule has 2 saturated heterocycles. The van der Waals surface area contributed by atoms with Crippen LogP contribution >= 0.6 is 11.6 Å². The molecule has 4 amide bonds. The molecule has 2 aliphatic rings. The molecule has 0 saturated carbocycles. The lowest BCUT2D eigenvalue weighted by molar-refractivity contribution is -0.153. The molecule has 0 atom stereocenters. The molecule has 150 valence electrons. The van der Waals surface area contributed by atoms with Crippen LogP contribution in [0.25, 0.3) is 0 Å². The fraction of sp³-hybridized carbons (Fsp3) is 0.474. The highest BCUT2D eigenvalue weighted by Gasteiger charge is 2.31. The number of nitrogens with zero attached hydrogens (tertiary/aromatic N) is 3. The molecule has 2 heterocycles. The molecule has 0 spiro atoms. The van der Waals surface area contributed by atoms with E-state index in [2.05, 4.69) is 5.32 Å². The van der Waals surface area contributed by atoms with Gasteiger partial charge in [0, 0.05) is 39.3 Å². The van der Waals surface area contributed by atoms with Crippen molar-refractivity contribution in [3.8, 4) is 0 Å². The molecule has 2 aliphatic heterocycles. The van der Waals surface area contributed by atoms with Gasteiger partial charge in [-0.1, -0.05) is 23.7 Å². The molecule has 3 rings (SSSR count). The van der Waals surface area contributed by atoms with Crippen molar-refractivity contribution in [2.45, 2.75) is 12.8 Å². The van der Waals surface area contributed by atoms with Crippen molar-refractivity contribution < 1.29 is 19.2 Å². The number of halogens is 1. The zero-order valence-electron chi connectivity index (χ0n) is 15.5. The Labute approximate surface area is 168 Å². The maximum atomic E-state index is 12.3. The van der Waals surface area contributed by atoms with Crippen LogP contribution in [-0.2, 0) is 14.4 Å². The molecule has 2 fully saturated rings. The van der Waals surface area contributed by atoms with Crippen molar-refractivity contribution in [1.82, 2.24) is 20.0 Å². The van der Waals surface area contributed by atoms with Crippen molar-refractivity contribution in [1.29, 1.82) is 0 Å². The topological polar surface area (TPSA) is 90.0 Å². The number of nitrogens with one attached hydrogen (secondary N) is 1. The van der Waals surface area contributed by atoms with Crippen LogP contribution in [0.15, 0.2) is 24.3 Å². The van der Waals surface area contributed by atoms with Gasteiger partial charge in [-0.3, -0.25) is 19.2 Å². The van der Waals surface area contributed by atoms with E-state index in [1.807, 2.05) is 0 Å². The molecule has 0 aromatic heterocycles. The first-order valence-electron chi connectivity index (χ1n) is 9.36. The third kappa shape index (κ3) is 4.62. The molecule has 1 N–H and O–H groups in total. The molecule has 8 nitrogen and oxygen atoms in total. The van der Waals surface area contributed by atoms with Gasteiger partial charge in [-0.15, -0.1) is 0 Å². The van der Waals surface area contributed by atoms with Gasteiger partial charge in [-0.2, -0.15) is 0 Å². The highest BCUT2D eigenvalue weighted by atomic mass is 35.5. The molecule has 1 aromatic rings. The molecular formula is C19H23ClN4O4. The van der Waals surface area contributed by atoms with Crippen molar-refractivity contribution in [2.24, 2.45) is 0 Å². The molecule has 9 heteroatoms. The summed E-state index contributed by atoms with van der Waals surface area (Å²) in [5.74, 6) is -1.60. The highest BCUT2D eigenvalue weighted by molar-refractivity contribution is 6.35. The minimum atomic E-state index is -0.499. The van der Waals surface area contributed by atoms with Crippen LogP contribution < -0.4 is 5.32 Å². The first-order chi connectivity index (χ1) is 13.5. The number of hydrogen-bond donors (Lipinski definition) is 1. The van der Waals surface area contributed by atoms with E-state index in [0.717, 1.165) is 12.8 Å². The summed E-state index contributed by atoms with van der Waals surface area (Å²) < 4.78 is 0. The molecule has 0 bridgehead atoms. The van der Waals surface area contributed by atoms with Gasteiger partial charge in [0.25, 0.3) is 5.91 Å². The molecule has 0 radical (unpaired) electrons. The van der Waals surface area contributed by atoms with Crippen molar-refractivity contribution in [3.05, 3.63) is 34.9 Å². The quantitative estimate of drug-likeness (QED) is 0.734. The minimum Gasteiger partial charge on any atom is -0.343 e. The third-order valence-electron chi connectivity index (χ3n) is 5.01. The summed E-state index contributed by atoms with van der Waals surface area (Å²) in [6, 6.07) is 6.61. The first kappa shape index (κ1) is 20.1. The van der Waals surface area contributed by atoms with E-state index in [9.17, 15) is 19.2 Å². The summed E-state index contributed by atoms with van der Waals surface area (Å²) in [5.41, 5.74) is 0.313. The zero-order valence-corrected chi connectivity index (χ0v) is 16.3. The second kappa shape index (κ2) is 9.05. The summed E-state index contributed by atoms with van der Waals surface area (Å²) in [5, 5.41) is 2.89. The number of rotatable bonds is 3. The van der Waals surface area contributed by atoms with Gasteiger partial charge in [-0.05, 0) is 25.0 Å². The number of carbonyl (C=O) groups excluding carboxylic acids is 4. The maximum absolute atomic E-state index is 12.3. The fourth-order valence-electron chi connectivity index (χ4n) is 3.36. The van der Waals surface area contributed by atoms with E-state index in [0.29, 0.717) is 49.9 Å². The number of hydrogen-bond acceptors (Lipinski definition) is 4. The predicted molar refractivity (Wildman–Crippen MR) is 103 cm³/mol. The van der Waals surface area contributed by atoms with E-state index in [1.54, 1.807) is 34.1 Å². The number of piperazine rings is 1. The predicted octanol–water partition coefficient (Wildman–Crippen LogP) is 0.363. The van der Waals surface area contributed by atoms with Gasteiger partial charge < -0.3 is 20.0 Å². The monoisotopic (exact) mass is 406 g/mol. The molecule has 28 heavy (non-hydrogen) atoms. The van der Waals surface area contributed by atoms with Crippen LogP contribution in [0.5, 0.6) is 0 Å². The summed E-state index contributed by atoms with van der Waals surface area (Å²) in [7, 11) is 0. The van der Waals surface area contributed by atoms with Crippen LogP contribution in [0.2, 0.25) is 5.02 Å². The van der Waals surface area contributed by atoms with E-state index in [1.165, 1.54) is 4.90 Å². The normalized spacial score (nSPS) is 16.8. The van der Waals surface area contributed by atoms with Gasteiger partial charge in [-0.25, -0.2) is 0 Å². The van der Waals surface area contributed by atoms with Gasteiger partial charge in [0.1, 0.15) is 0 Å². The van der Waals surface area contributed by atoms with Crippen LogP contribution in [0.1, 0.15) is 23.2 Å². The number of amides is 4. The Balaban J connectivity index is 1.44. The molecule has 1 aromatic carbocycles. The lowest BCUT2D eigenvalue weighted by atomic mass is 10.2. The Morgan fingerprint density at radius 2 is 1.36 bits per heavy atom. The number of likely N-dealkylation sites (tertiary alicyclic amines) is 1. The SMILES string of the molecule is O=C(NCC(=O)N1CCN(C(=O)C(=O)N2CCCC2)CC1)c1ccccc1Cl. The summed E-state index contributed by atoms with van der Waals surface area (Å²) >= 11 is 5.98. The van der Waals surface area contributed by atoms with E-state index < -0.39 is 17.7 Å².